The molecule has 2 heterocycles. The fourth-order valence-electron chi connectivity index (χ4n) is 3.24. The van der Waals surface area contributed by atoms with E-state index in [4.69, 9.17) is 4.74 Å². The van der Waals surface area contributed by atoms with E-state index in [1.165, 1.54) is 32.1 Å². The molecule has 1 aromatic carbocycles. The van der Waals surface area contributed by atoms with Gasteiger partial charge in [0.05, 0.1) is 6.04 Å². The Kier molecular flexibility index (Phi) is 4.04. The molecule has 19 heavy (non-hydrogen) atoms. The van der Waals surface area contributed by atoms with Crippen molar-refractivity contribution in [2.45, 2.75) is 44.2 Å². The summed E-state index contributed by atoms with van der Waals surface area (Å²) in [6.07, 6.45) is 6.06. The quantitative estimate of drug-likeness (QED) is 0.843. The first kappa shape index (κ1) is 12.9. The predicted octanol–water partition coefficient (Wildman–Crippen LogP) is 2.75. The molecular weight excluding hydrogens is 238 g/mol. The van der Waals surface area contributed by atoms with Gasteiger partial charge < -0.3 is 9.84 Å². The number of fused-ring (bicyclic) bond motifs is 1. The minimum Gasteiger partial charge on any atom is -0.491 e. The number of ether oxygens (including phenoxy) is 1. The number of hydrogen-bond acceptors (Lipinski definition) is 3. The summed E-state index contributed by atoms with van der Waals surface area (Å²) < 4.78 is 5.83. The van der Waals surface area contributed by atoms with Crippen LogP contribution in [0.1, 0.15) is 43.8 Å². The Morgan fingerprint density at radius 2 is 1.68 bits per heavy atom. The van der Waals surface area contributed by atoms with Gasteiger partial charge in [-0.1, -0.05) is 37.5 Å². The summed E-state index contributed by atoms with van der Waals surface area (Å²) in [4.78, 5) is 2.43. The van der Waals surface area contributed by atoms with Crippen molar-refractivity contribution in [3.63, 3.8) is 0 Å². The van der Waals surface area contributed by atoms with Gasteiger partial charge in [-0.2, -0.15) is 0 Å². The number of likely N-dealkylation sites (tertiary alicyclic amines) is 1. The van der Waals surface area contributed by atoms with Crippen molar-refractivity contribution in [3.05, 3.63) is 29.8 Å². The van der Waals surface area contributed by atoms with Gasteiger partial charge in [-0.25, -0.2) is 0 Å². The van der Waals surface area contributed by atoms with Crippen LogP contribution in [0.15, 0.2) is 24.3 Å². The van der Waals surface area contributed by atoms with E-state index < -0.39 is 6.10 Å². The highest BCUT2D eigenvalue weighted by atomic mass is 16.5. The molecule has 1 aromatic rings. The molecule has 2 aliphatic heterocycles. The first-order chi connectivity index (χ1) is 9.36. The number of benzene rings is 1. The third-order valence-corrected chi connectivity index (χ3v) is 4.37. The Labute approximate surface area is 115 Å². The number of aliphatic hydroxyl groups is 1. The second-order valence-corrected chi connectivity index (χ2v) is 5.66. The highest BCUT2D eigenvalue weighted by Crippen LogP contribution is 2.34. The molecule has 0 aromatic heterocycles. The number of para-hydroxylation sites is 1. The zero-order valence-corrected chi connectivity index (χ0v) is 11.4. The van der Waals surface area contributed by atoms with Crippen molar-refractivity contribution < 1.29 is 9.84 Å². The molecule has 0 saturated carbocycles. The zero-order chi connectivity index (χ0) is 13.1. The van der Waals surface area contributed by atoms with Crippen LogP contribution in [-0.4, -0.2) is 35.7 Å². The van der Waals surface area contributed by atoms with Gasteiger partial charge in [-0.3, -0.25) is 4.90 Å². The maximum absolute atomic E-state index is 10.6. The highest BCUT2D eigenvalue weighted by molar-refractivity contribution is 5.37. The lowest BCUT2D eigenvalue weighted by molar-refractivity contribution is 0.000247. The van der Waals surface area contributed by atoms with Crippen LogP contribution in [-0.2, 0) is 0 Å². The molecule has 0 bridgehead atoms. The normalized spacial score (nSPS) is 28.9. The van der Waals surface area contributed by atoms with E-state index in [2.05, 4.69) is 4.90 Å². The average molecular weight is 261 g/mol. The molecule has 0 radical (unpaired) electrons. The lowest BCUT2D eigenvalue weighted by atomic mass is 9.96. The highest BCUT2D eigenvalue weighted by Gasteiger charge is 2.33. The molecule has 0 aliphatic carbocycles. The van der Waals surface area contributed by atoms with Crippen molar-refractivity contribution in [2.75, 3.05) is 19.7 Å². The van der Waals surface area contributed by atoms with Crippen molar-refractivity contribution in [2.24, 2.45) is 0 Å². The third kappa shape index (κ3) is 2.77. The van der Waals surface area contributed by atoms with E-state index >= 15 is 0 Å². The van der Waals surface area contributed by atoms with E-state index in [-0.39, 0.29) is 6.04 Å². The molecule has 3 nitrogen and oxygen atoms in total. The van der Waals surface area contributed by atoms with Crippen LogP contribution in [0.2, 0.25) is 0 Å². The first-order valence-electron chi connectivity index (χ1n) is 7.50. The van der Waals surface area contributed by atoms with Gasteiger partial charge in [0.1, 0.15) is 18.5 Å². The van der Waals surface area contributed by atoms with Crippen LogP contribution >= 0.6 is 0 Å². The van der Waals surface area contributed by atoms with E-state index in [0.717, 1.165) is 24.4 Å². The van der Waals surface area contributed by atoms with Gasteiger partial charge in [-0.15, -0.1) is 0 Å². The maximum Gasteiger partial charge on any atom is 0.125 e. The van der Waals surface area contributed by atoms with Gasteiger partial charge in [0.2, 0.25) is 0 Å². The summed E-state index contributed by atoms with van der Waals surface area (Å²) in [6.45, 7) is 2.79. The third-order valence-electron chi connectivity index (χ3n) is 4.37. The number of nitrogens with zero attached hydrogens (tertiary/aromatic N) is 1. The largest absolute Gasteiger partial charge is 0.491 e. The van der Waals surface area contributed by atoms with Gasteiger partial charge in [0.25, 0.3) is 0 Å². The van der Waals surface area contributed by atoms with Crippen LogP contribution < -0.4 is 4.74 Å². The van der Waals surface area contributed by atoms with Gasteiger partial charge >= 0.3 is 0 Å². The van der Waals surface area contributed by atoms with Crippen LogP contribution in [0.4, 0.5) is 0 Å². The minimum atomic E-state index is -0.413. The molecule has 3 heteroatoms. The molecule has 1 saturated heterocycles. The van der Waals surface area contributed by atoms with E-state index in [9.17, 15) is 5.11 Å². The molecule has 0 amide bonds. The first-order valence-corrected chi connectivity index (χ1v) is 7.50. The monoisotopic (exact) mass is 261 g/mol. The molecule has 2 atom stereocenters. The predicted molar refractivity (Wildman–Crippen MR) is 75.3 cm³/mol. The van der Waals surface area contributed by atoms with Crippen molar-refractivity contribution in [3.8, 4) is 5.75 Å². The molecule has 1 N–H and O–H groups in total. The Morgan fingerprint density at radius 3 is 2.47 bits per heavy atom. The van der Waals surface area contributed by atoms with Crippen LogP contribution in [0.3, 0.4) is 0 Å². The van der Waals surface area contributed by atoms with E-state index in [0.29, 0.717) is 6.61 Å². The number of hydrogen-bond donors (Lipinski definition) is 1. The van der Waals surface area contributed by atoms with Crippen molar-refractivity contribution in [1.82, 2.24) is 4.90 Å². The minimum absolute atomic E-state index is 0.119. The summed E-state index contributed by atoms with van der Waals surface area (Å²) in [5, 5.41) is 10.6. The SMILES string of the molecule is OC1c2ccccc2OCC1N1CCCCCCC1. The smallest absolute Gasteiger partial charge is 0.125 e. The van der Waals surface area contributed by atoms with E-state index in [1.54, 1.807) is 0 Å². The average Bonchev–Trinajstić information content (AvgIpc) is 2.40. The number of aliphatic hydroxyl groups excluding tert-OH is 1. The maximum atomic E-state index is 10.6. The Hall–Kier alpha value is -1.06. The second kappa shape index (κ2) is 5.93. The van der Waals surface area contributed by atoms with Crippen molar-refractivity contribution in [1.29, 1.82) is 0 Å². The summed E-state index contributed by atoms with van der Waals surface area (Å²) in [6, 6.07) is 7.98. The molecule has 2 aliphatic rings. The summed E-state index contributed by atoms with van der Waals surface area (Å²) in [5.41, 5.74) is 0.945. The van der Waals surface area contributed by atoms with Crippen molar-refractivity contribution >= 4 is 0 Å². The topological polar surface area (TPSA) is 32.7 Å². The zero-order valence-electron chi connectivity index (χ0n) is 11.4. The molecule has 3 rings (SSSR count). The summed E-state index contributed by atoms with van der Waals surface area (Å²) >= 11 is 0. The Bertz CT molecular complexity index is 413. The fourth-order valence-corrected chi connectivity index (χ4v) is 3.24. The Balaban J connectivity index is 1.75. The number of rotatable bonds is 1. The second-order valence-electron chi connectivity index (χ2n) is 5.66. The summed E-state index contributed by atoms with van der Waals surface area (Å²) in [7, 11) is 0. The Morgan fingerprint density at radius 1 is 1.00 bits per heavy atom. The molecule has 0 spiro atoms. The van der Waals surface area contributed by atoms with E-state index in [1.807, 2.05) is 24.3 Å². The van der Waals surface area contributed by atoms with Gasteiger partial charge in [0.15, 0.2) is 0 Å². The van der Waals surface area contributed by atoms with Gasteiger partial charge in [0, 0.05) is 5.56 Å². The fraction of sp³-hybridized carbons (Fsp3) is 0.625. The lowest BCUT2D eigenvalue weighted by Gasteiger charge is -2.39. The lowest BCUT2D eigenvalue weighted by Crippen LogP contribution is -2.47. The van der Waals surface area contributed by atoms with Crippen LogP contribution in [0, 0.1) is 0 Å². The molecule has 1 fully saturated rings. The van der Waals surface area contributed by atoms with Gasteiger partial charge in [-0.05, 0) is 32.0 Å². The van der Waals surface area contributed by atoms with Crippen LogP contribution in [0.5, 0.6) is 5.75 Å². The molecular formula is C16H23NO2. The molecule has 2 unspecified atom stereocenters. The standard InChI is InChI=1S/C16H23NO2/c18-16-13-8-4-5-9-15(13)19-12-14(16)17-10-6-2-1-3-7-11-17/h4-5,8-9,14,16,18H,1-3,6-7,10-12H2. The molecule has 104 valence electrons. The summed E-state index contributed by atoms with van der Waals surface area (Å²) in [5.74, 6) is 0.846. The van der Waals surface area contributed by atoms with Crippen LogP contribution in [0.25, 0.3) is 0 Å².